The lowest BCUT2D eigenvalue weighted by atomic mass is 10.1. The van der Waals surface area contributed by atoms with Gasteiger partial charge in [-0.15, -0.1) is 0 Å². The van der Waals surface area contributed by atoms with Crippen LogP contribution in [0.1, 0.15) is 56.1 Å². The van der Waals surface area contributed by atoms with Gasteiger partial charge in [0.05, 0.1) is 23.5 Å². The summed E-state index contributed by atoms with van der Waals surface area (Å²) in [6.07, 6.45) is 10.1. The molecule has 0 bridgehead atoms. The molecule has 1 atom stereocenters. The maximum atomic E-state index is 4.79. The zero-order valence-electron chi connectivity index (χ0n) is 12.7. The first-order valence-corrected chi connectivity index (χ1v) is 8.05. The zero-order valence-corrected chi connectivity index (χ0v) is 12.7. The predicted molar refractivity (Wildman–Crippen MR) is 84.1 cm³/mol. The van der Waals surface area contributed by atoms with Crippen molar-refractivity contribution in [2.45, 2.75) is 51.1 Å². The molecule has 1 aliphatic carbocycles. The van der Waals surface area contributed by atoms with Crippen LogP contribution in [0.3, 0.4) is 0 Å². The van der Waals surface area contributed by atoms with Crippen molar-refractivity contribution in [3.05, 3.63) is 48.0 Å². The van der Waals surface area contributed by atoms with Gasteiger partial charge in [-0.3, -0.25) is 9.67 Å². The smallest absolute Gasteiger partial charge is 0.0644 e. The quantitative estimate of drug-likeness (QED) is 0.885. The topological polar surface area (TPSA) is 42.7 Å². The summed E-state index contributed by atoms with van der Waals surface area (Å²) in [5.41, 5.74) is 2.24. The summed E-state index contributed by atoms with van der Waals surface area (Å²) in [5.74, 6) is 0. The molecule has 1 aliphatic rings. The van der Waals surface area contributed by atoms with Crippen LogP contribution in [0.25, 0.3) is 0 Å². The van der Waals surface area contributed by atoms with Crippen LogP contribution in [0.5, 0.6) is 0 Å². The first kappa shape index (κ1) is 14.3. The molecule has 0 saturated heterocycles. The van der Waals surface area contributed by atoms with E-state index in [2.05, 4.69) is 40.2 Å². The van der Waals surface area contributed by atoms with Gasteiger partial charge in [-0.05, 0) is 37.6 Å². The first-order valence-electron chi connectivity index (χ1n) is 8.05. The average Bonchev–Trinajstić information content (AvgIpc) is 3.19. The van der Waals surface area contributed by atoms with E-state index in [9.17, 15) is 0 Å². The second-order valence-electron chi connectivity index (χ2n) is 5.79. The fraction of sp³-hybridized carbons (Fsp3) is 0.529. The maximum Gasteiger partial charge on any atom is 0.0644 e. The number of rotatable bonds is 6. The molecule has 0 radical (unpaired) electrons. The Kier molecular flexibility index (Phi) is 4.65. The second-order valence-corrected chi connectivity index (χ2v) is 5.79. The molecule has 4 nitrogen and oxygen atoms in total. The molecular formula is C17H24N4. The molecule has 2 aromatic heterocycles. The highest BCUT2D eigenvalue weighted by molar-refractivity contribution is 5.13. The van der Waals surface area contributed by atoms with Gasteiger partial charge in [-0.2, -0.15) is 5.10 Å². The third-order valence-corrected chi connectivity index (χ3v) is 4.27. The maximum absolute atomic E-state index is 4.79. The van der Waals surface area contributed by atoms with Crippen molar-refractivity contribution in [3.8, 4) is 0 Å². The van der Waals surface area contributed by atoms with E-state index in [0.717, 1.165) is 24.4 Å². The SMILES string of the molecule is CCNC(Cc1ccn(C2CCCC2)n1)c1ccccn1. The van der Waals surface area contributed by atoms with Gasteiger partial charge >= 0.3 is 0 Å². The van der Waals surface area contributed by atoms with E-state index in [4.69, 9.17) is 5.10 Å². The molecule has 4 heteroatoms. The summed E-state index contributed by atoms with van der Waals surface area (Å²) >= 11 is 0. The summed E-state index contributed by atoms with van der Waals surface area (Å²) in [4.78, 5) is 4.48. The predicted octanol–water partition coefficient (Wildman–Crippen LogP) is 3.29. The van der Waals surface area contributed by atoms with E-state index in [1.54, 1.807) is 0 Å². The van der Waals surface area contributed by atoms with Crippen LogP contribution in [0.4, 0.5) is 0 Å². The Morgan fingerprint density at radius 1 is 1.29 bits per heavy atom. The number of nitrogens with one attached hydrogen (secondary N) is 1. The normalized spacial score (nSPS) is 17.2. The van der Waals surface area contributed by atoms with Gasteiger partial charge in [-0.25, -0.2) is 0 Å². The molecule has 3 rings (SSSR count). The van der Waals surface area contributed by atoms with Crippen LogP contribution >= 0.6 is 0 Å². The summed E-state index contributed by atoms with van der Waals surface area (Å²) in [6.45, 7) is 3.07. The number of pyridine rings is 1. The average molecular weight is 284 g/mol. The third kappa shape index (κ3) is 3.50. The van der Waals surface area contributed by atoms with Crippen LogP contribution in [0.2, 0.25) is 0 Å². The zero-order chi connectivity index (χ0) is 14.5. The van der Waals surface area contributed by atoms with Crippen molar-refractivity contribution in [2.75, 3.05) is 6.54 Å². The highest BCUT2D eigenvalue weighted by atomic mass is 15.3. The Morgan fingerprint density at radius 2 is 2.14 bits per heavy atom. The molecule has 21 heavy (non-hydrogen) atoms. The van der Waals surface area contributed by atoms with Crippen molar-refractivity contribution < 1.29 is 0 Å². The van der Waals surface area contributed by atoms with Crippen molar-refractivity contribution in [3.63, 3.8) is 0 Å². The molecule has 2 aromatic rings. The molecule has 0 aromatic carbocycles. The van der Waals surface area contributed by atoms with E-state index >= 15 is 0 Å². The molecule has 0 spiro atoms. The lowest BCUT2D eigenvalue weighted by molar-refractivity contribution is 0.456. The Balaban J connectivity index is 1.71. The summed E-state index contributed by atoms with van der Waals surface area (Å²) in [5, 5.41) is 8.30. The summed E-state index contributed by atoms with van der Waals surface area (Å²) < 4.78 is 2.17. The van der Waals surface area contributed by atoms with E-state index in [0.29, 0.717) is 6.04 Å². The van der Waals surface area contributed by atoms with Gasteiger partial charge in [0.2, 0.25) is 0 Å². The molecule has 0 aliphatic heterocycles. The van der Waals surface area contributed by atoms with Crippen molar-refractivity contribution in [1.29, 1.82) is 0 Å². The summed E-state index contributed by atoms with van der Waals surface area (Å²) in [6, 6.07) is 9.10. The van der Waals surface area contributed by atoms with E-state index < -0.39 is 0 Å². The molecule has 1 saturated carbocycles. The number of aromatic nitrogens is 3. The molecule has 1 N–H and O–H groups in total. The molecule has 2 heterocycles. The Labute approximate surface area is 126 Å². The first-order chi connectivity index (χ1) is 10.4. The van der Waals surface area contributed by atoms with Crippen LogP contribution in [-0.4, -0.2) is 21.3 Å². The standard InChI is InChI=1S/C17H24N4/c1-2-18-17(16-9-5-6-11-19-16)13-14-10-12-21(20-14)15-7-3-4-8-15/h5-6,9-12,15,17-18H,2-4,7-8,13H2,1H3. The molecular weight excluding hydrogens is 260 g/mol. The fourth-order valence-electron chi connectivity index (χ4n) is 3.18. The van der Waals surface area contributed by atoms with Crippen LogP contribution in [0.15, 0.2) is 36.7 Å². The second kappa shape index (κ2) is 6.85. The van der Waals surface area contributed by atoms with E-state index in [-0.39, 0.29) is 6.04 Å². The minimum atomic E-state index is 0.239. The number of hydrogen-bond donors (Lipinski definition) is 1. The minimum absolute atomic E-state index is 0.239. The fourth-order valence-corrected chi connectivity index (χ4v) is 3.18. The molecule has 1 unspecified atom stereocenters. The Morgan fingerprint density at radius 3 is 2.86 bits per heavy atom. The van der Waals surface area contributed by atoms with E-state index in [1.807, 2.05) is 18.3 Å². The van der Waals surface area contributed by atoms with Gasteiger partial charge < -0.3 is 5.32 Å². The van der Waals surface area contributed by atoms with Crippen LogP contribution < -0.4 is 5.32 Å². The van der Waals surface area contributed by atoms with Gasteiger partial charge in [0.25, 0.3) is 0 Å². The monoisotopic (exact) mass is 284 g/mol. The number of likely N-dealkylation sites (N-methyl/N-ethyl adjacent to an activating group) is 1. The number of nitrogens with zero attached hydrogens (tertiary/aromatic N) is 3. The van der Waals surface area contributed by atoms with Gasteiger partial charge in [0.1, 0.15) is 0 Å². The highest BCUT2D eigenvalue weighted by Crippen LogP contribution is 2.29. The molecule has 1 fully saturated rings. The lowest BCUT2D eigenvalue weighted by Gasteiger charge is -2.16. The van der Waals surface area contributed by atoms with Crippen molar-refractivity contribution in [2.24, 2.45) is 0 Å². The molecule has 112 valence electrons. The minimum Gasteiger partial charge on any atom is -0.309 e. The van der Waals surface area contributed by atoms with Gasteiger partial charge in [-0.1, -0.05) is 25.8 Å². The van der Waals surface area contributed by atoms with E-state index in [1.165, 1.54) is 25.7 Å². The van der Waals surface area contributed by atoms with Gasteiger partial charge in [0.15, 0.2) is 0 Å². The van der Waals surface area contributed by atoms with Gasteiger partial charge in [0, 0.05) is 18.8 Å². The molecule has 0 amide bonds. The lowest BCUT2D eigenvalue weighted by Crippen LogP contribution is -2.24. The van der Waals surface area contributed by atoms with Crippen molar-refractivity contribution >= 4 is 0 Å². The highest BCUT2D eigenvalue weighted by Gasteiger charge is 2.19. The largest absolute Gasteiger partial charge is 0.309 e. The number of hydrogen-bond acceptors (Lipinski definition) is 3. The summed E-state index contributed by atoms with van der Waals surface area (Å²) in [7, 11) is 0. The van der Waals surface area contributed by atoms with Crippen molar-refractivity contribution in [1.82, 2.24) is 20.1 Å². The Hall–Kier alpha value is -1.68. The Bertz CT molecular complexity index is 543. The van der Waals surface area contributed by atoms with Crippen LogP contribution in [-0.2, 0) is 6.42 Å². The van der Waals surface area contributed by atoms with Crippen LogP contribution in [0, 0.1) is 0 Å². The third-order valence-electron chi connectivity index (χ3n) is 4.27.